The fourth-order valence-electron chi connectivity index (χ4n) is 2.38. The highest BCUT2D eigenvalue weighted by molar-refractivity contribution is 6.61. The molecule has 10 heteroatoms. The summed E-state index contributed by atoms with van der Waals surface area (Å²) in [5.74, 6) is -2.59. The Kier molecular flexibility index (Phi) is 12.4. The average Bonchev–Trinajstić information content (AvgIpc) is 2.80. The van der Waals surface area contributed by atoms with Gasteiger partial charge in [0.25, 0.3) is 0 Å². The molecule has 0 fully saturated rings. The number of hydrogen-bond acceptors (Lipinski definition) is 7. The van der Waals surface area contributed by atoms with E-state index in [0.29, 0.717) is 11.1 Å². The number of aliphatic carboxylic acids is 2. The molecular formula is C23H28ClNO8. The molecule has 0 radical (unpaired) electrons. The van der Waals surface area contributed by atoms with Crippen LogP contribution in [0.15, 0.2) is 60.7 Å². The Morgan fingerprint density at radius 2 is 1.21 bits per heavy atom. The lowest BCUT2D eigenvalue weighted by atomic mass is 9.79. The molecule has 2 atom stereocenters. The summed E-state index contributed by atoms with van der Waals surface area (Å²) in [6.07, 6.45) is -0.178. The molecule has 0 aliphatic carbocycles. The zero-order valence-electron chi connectivity index (χ0n) is 18.8. The van der Waals surface area contributed by atoms with Gasteiger partial charge in [0.05, 0.1) is 20.6 Å². The highest BCUT2D eigenvalue weighted by atomic mass is 35.5. The molecule has 0 saturated carbocycles. The molecule has 33 heavy (non-hydrogen) atoms. The second-order valence-corrected chi connectivity index (χ2v) is 7.38. The van der Waals surface area contributed by atoms with Crippen molar-refractivity contribution in [2.75, 3.05) is 14.2 Å². The molecule has 0 aliphatic heterocycles. The van der Waals surface area contributed by atoms with Crippen LogP contribution in [0.1, 0.15) is 31.4 Å². The Morgan fingerprint density at radius 3 is 1.52 bits per heavy atom. The first kappa shape index (κ1) is 29.6. The quantitative estimate of drug-likeness (QED) is 0.415. The van der Waals surface area contributed by atoms with Crippen molar-refractivity contribution in [3.8, 4) is 0 Å². The SMILES string of the molecule is COC(=O)C[C@](C)(C(=O)O)c1ccccc1.COC(=O)Cl.C[C@@](N)(C(=O)O)c1ccccc1. The standard InChI is InChI=1S/C12H14O4.C9H11NO2.C2H3ClO2/c1-12(11(14)15,8-10(13)16-2)9-6-4-3-5-7-9;1-9(10,8(11)12)7-5-3-2-4-6-7;1-5-2(3)4/h3-7H,8H2,1-2H3,(H,14,15);2-6H,10H2,1H3,(H,11,12);1H3/t12-;9-;/m00./s1. The highest BCUT2D eigenvalue weighted by Crippen LogP contribution is 2.28. The van der Waals surface area contributed by atoms with Crippen LogP contribution in [-0.2, 0) is 34.8 Å². The van der Waals surface area contributed by atoms with E-state index in [9.17, 15) is 24.3 Å². The van der Waals surface area contributed by atoms with Gasteiger partial charge in [-0.15, -0.1) is 0 Å². The second kappa shape index (κ2) is 13.9. The van der Waals surface area contributed by atoms with Crippen molar-refractivity contribution in [2.24, 2.45) is 5.73 Å². The lowest BCUT2D eigenvalue weighted by Crippen LogP contribution is -2.41. The van der Waals surface area contributed by atoms with Gasteiger partial charge in [0.15, 0.2) is 0 Å². The summed E-state index contributed by atoms with van der Waals surface area (Å²) in [5, 5.41) is 18.0. The first-order valence-electron chi connectivity index (χ1n) is 9.49. The molecule has 0 unspecified atom stereocenters. The zero-order valence-corrected chi connectivity index (χ0v) is 19.5. The number of ether oxygens (including phenoxy) is 2. The topological polar surface area (TPSA) is 153 Å². The molecular weight excluding hydrogens is 454 g/mol. The van der Waals surface area contributed by atoms with Crippen LogP contribution in [0.5, 0.6) is 0 Å². The normalized spacial score (nSPS) is 13.3. The molecule has 0 spiro atoms. The molecule has 2 rings (SSSR count). The lowest BCUT2D eigenvalue weighted by Gasteiger charge is -2.23. The van der Waals surface area contributed by atoms with Crippen molar-refractivity contribution < 1.29 is 38.9 Å². The van der Waals surface area contributed by atoms with Crippen LogP contribution in [0, 0.1) is 0 Å². The van der Waals surface area contributed by atoms with Gasteiger partial charge >= 0.3 is 23.3 Å². The summed E-state index contributed by atoms with van der Waals surface area (Å²) >= 11 is 4.60. The predicted molar refractivity (Wildman–Crippen MR) is 122 cm³/mol. The van der Waals surface area contributed by atoms with Crippen LogP contribution in [0.2, 0.25) is 0 Å². The molecule has 0 bridgehead atoms. The van der Waals surface area contributed by atoms with E-state index in [1.54, 1.807) is 54.6 Å². The highest BCUT2D eigenvalue weighted by Gasteiger charge is 2.37. The molecule has 4 N–H and O–H groups in total. The molecule has 0 aliphatic rings. The molecule has 180 valence electrons. The van der Waals surface area contributed by atoms with E-state index in [-0.39, 0.29) is 6.42 Å². The minimum atomic E-state index is -1.29. The van der Waals surface area contributed by atoms with Crippen molar-refractivity contribution in [3.63, 3.8) is 0 Å². The molecule has 2 aromatic carbocycles. The van der Waals surface area contributed by atoms with E-state index in [4.69, 9.17) is 10.8 Å². The first-order valence-corrected chi connectivity index (χ1v) is 9.87. The fourth-order valence-corrected chi connectivity index (χ4v) is 2.38. The number of esters is 1. The van der Waals surface area contributed by atoms with Gasteiger partial charge in [-0.2, -0.15) is 0 Å². The third kappa shape index (κ3) is 9.71. The fraction of sp³-hybridized carbons (Fsp3) is 0.304. The molecule has 0 heterocycles. The van der Waals surface area contributed by atoms with Crippen molar-refractivity contribution in [2.45, 2.75) is 31.2 Å². The predicted octanol–water partition coefficient (Wildman–Crippen LogP) is 3.53. The minimum Gasteiger partial charge on any atom is -0.481 e. The third-order valence-electron chi connectivity index (χ3n) is 4.59. The number of nitrogens with two attached hydrogens (primary N) is 1. The molecule has 0 amide bonds. The van der Waals surface area contributed by atoms with Gasteiger partial charge in [0.2, 0.25) is 0 Å². The van der Waals surface area contributed by atoms with E-state index in [0.717, 1.165) is 0 Å². The maximum atomic E-state index is 11.3. The van der Waals surface area contributed by atoms with Crippen LogP contribution >= 0.6 is 11.6 Å². The number of carboxylic acid groups (broad SMARTS) is 2. The number of rotatable bonds is 6. The summed E-state index contributed by atoms with van der Waals surface area (Å²) < 4.78 is 8.39. The minimum absolute atomic E-state index is 0.178. The van der Waals surface area contributed by atoms with Crippen molar-refractivity contribution in [1.29, 1.82) is 0 Å². The van der Waals surface area contributed by atoms with Gasteiger partial charge in [-0.1, -0.05) is 60.7 Å². The van der Waals surface area contributed by atoms with E-state index >= 15 is 0 Å². The van der Waals surface area contributed by atoms with E-state index in [1.165, 1.54) is 28.1 Å². The molecule has 2 aromatic rings. The van der Waals surface area contributed by atoms with Crippen LogP contribution < -0.4 is 5.73 Å². The van der Waals surface area contributed by atoms with Gasteiger partial charge in [-0.25, -0.2) is 9.59 Å². The van der Waals surface area contributed by atoms with Crippen LogP contribution in [-0.4, -0.2) is 47.8 Å². The maximum Gasteiger partial charge on any atom is 0.403 e. The van der Waals surface area contributed by atoms with Crippen LogP contribution in [0.3, 0.4) is 0 Å². The maximum absolute atomic E-state index is 11.3. The van der Waals surface area contributed by atoms with Crippen LogP contribution in [0.4, 0.5) is 4.79 Å². The third-order valence-corrected chi connectivity index (χ3v) is 4.74. The number of carboxylic acids is 2. The van der Waals surface area contributed by atoms with E-state index < -0.39 is 34.3 Å². The average molecular weight is 482 g/mol. The van der Waals surface area contributed by atoms with Gasteiger partial charge in [0.1, 0.15) is 11.0 Å². The van der Waals surface area contributed by atoms with Gasteiger partial charge in [0, 0.05) is 11.6 Å². The Balaban J connectivity index is 0.000000530. The number of methoxy groups -OCH3 is 2. The van der Waals surface area contributed by atoms with Gasteiger partial charge < -0.3 is 25.4 Å². The number of halogens is 1. The monoisotopic (exact) mass is 481 g/mol. The van der Waals surface area contributed by atoms with Gasteiger partial charge in [-0.3, -0.25) is 9.59 Å². The molecule has 9 nitrogen and oxygen atoms in total. The number of carbonyl (C=O) groups excluding carboxylic acids is 2. The van der Waals surface area contributed by atoms with E-state index in [2.05, 4.69) is 21.1 Å². The number of hydrogen-bond donors (Lipinski definition) is 3. The summed E-state index contributed by atoms with van der Waals surface area (Å²) in [6.45, 7) is 2.99. The smallest absolute Gasteiger partial charge is 0.403 e. The Bertz CT molecular complexity index is 919. The number of benzene rings is 2. The summed E-state index contributed by atoms with van der Waals surface area (Å²) in [7, 11) is 2.46. The molecule has 0 aromatic heterocycles. The first-order chi connectivity index (χ1) is 15.3. The van der Waals surface area contributed by atoms with Crippen LogP contribution in [0.25, 0.3) is 0 Å². The van der Waals surface area contributed by atoms with E-state index in [1.807, 2.05) is 6.07 Å². The van der Waals surface area contributed by atoms with Gasteiger partial charge in [-0.05, 0) is 25.0 Å². The molecule has 0 saturated heterocycles. The Labute approximate surface area is 197 Å². The number of carbonyl (C=O) groups is 4. The summed E-state index contributed by atoms with van der Waals surface area (Å²) in [5.41, 5.74) is 3.48. The summed E-state index contributed by atoms with van der Waals surface area (Å²) in [4.78, 5) is 42.5. The van der Waals surface area contributed by atoms with Crippen molar-refractivity contribution >= 4 is 34.9 Å². The lowest BCUT2D eigenvalue weighted by molar-refractivity contribution is -0.151. The largest absolute Gasteiger partial charge is 0.481 e. The van der Waals surface area contributed by atoms with Crippen molar-refractivity contribution in [1.82, 2.24) is 0 Å². The van der Waals surface area contributed by atoms with Crippen molar-refractivity contribution in [3.05, 3.63) is 71.8 Å². The zero-order chi connectivity index (χ0) is 25.7. The second-order valence-electron chi connectivity index (χ2n) is 7.07. The summed E-state index contributed by atoms with van der Waals surface area (Å²) in [6, 6.07) is 17.4. The Hall–Kier alpha value is -3.43. The Morgan fingerprint density at radius 1 is 0.818 bits per heavy atom.